The first-order valence-corrected chi connectivity index (χ1v) is 7.76. The predicted octanol–water partition coefficient (Wildman–Crippen LogP) is 2.12. The van der Waals surface area contributed by atoms with Gasteiger partial charge in [0.2, 0.25) is 0 Å². The zero-order chi connectivity index (χ0) is 12.8. The van der Waals surface area contributed by atoms with Crippen LogP contribution in [0.2, 0.25) is 0 Å². The highest BCUT2D eigenvalue weighted by Gasteiger charge is 2.21. The topological polar surface area (TPSA) is 24.5 Å². The summed E-state index contributed by atoms with van der Waals surface area (Å²) in [5.74, 6) is 1.75. The van der Waals surface area contributed by atoms with Gasteiger partial charge in [-0.15, -0.1) is 0 Å². The number of nitrogens with one attached hydrogen (secondary N) is 1. The van der Waals surface area contributed by atoms with E-state index in [2.05, 4.69) is 24.2 Å². The van der Waals surface area contributed by atoms with Gasteiger partial charge in [0.15, 0.2) is 0 Å². The van der Waals surface area contributed by atoms with E-state index in [1.54, 1.807) is 0 Å². The molecular formula is C15H30N2O. The van der Waals surface area contributed by atoms with Gasteiger partial charge in [0.05, 0.1) is 6.10 Å². The Bertz CT molecular complexity index is 223. The Labute approximate surface area is 112 Å². The summed E-state index contributed by atoms with van der Waals surface area (Å²) < 4.78 is 5.70. The molecule has 1 N–H and O–H groups in total. The van der Waals surface area contributed by atoms with Crippen LogP contribution in [-0.4, -0.2) is 50.8 Å². The molecule has 0 spiro atoms. The van der Waals surface area contributed by atoms with Crippen LogP contribution in [0.25, 0.3) is 0 Å². The van der Waals surface area contributed by atoms with Crippen LogP contribution in [0.4, 0.5) is 0 Å². The summed E-state index contributed by atoms with van der Waals surface area (Å²) in [4.78, 5) is 2.46. The monoisotopic (exact) mass is 254 g/mol. The number of piperidine rings is 1. The standard InChI is InChI=1S/C15H30N2O/c1-13(14-5-3-8-16-11-14)7-9-17(2)12-15-6-4-10-18-15/h13-16H,3-12H2,1-2H3. The highest BCUT2D eigenvalue weighted by Crippen LogP contribution is 2.22. The van der Waals surface area contributed by atoms with Crippen molar-refractivity contribution in [3.63, 3.8) is 0 Å². The number of hydrogen-bond donors (Lipinski definition) is 1. The van der Waals surface area contributed by atoms with Crippen molar-refractivity contribution >= 4 is 0 Å². The van der Waals surface area contributed by atoms with Gasteiger partial charge in [0, 0.05) is 13.2 Å². The van der Waals surface area contributed by atoms with E-state index in [-0.39, 0.29) is 0 Å². The van der Waals surface area contributed by atoms with E-state index in [4.69, 9.17) is 4.74 Å². The van der Waals surface area contributed by atoms with Crippen molar-refractivity contribution in [3.05, 3.63) is 0 Å². The SMILES string of the molecule is CC(CCN(C)CC1CCCO1)C1CCCNC1. The van der Waals surface area contributed by atoms with Gasteiger partial charge in [0.25, 0.3) is 0 Å². The average molecular weight is 254 g/mol. The van der Waals surface area contributed by atoms with Crippen LogP contribution in [-0.2, 0) is 4.74 Å². The number of ether oxygens (including phenoxy) is 1. The molecule has 0 aromatic carbocycles. The largest absolute Gasteiger partial charge is 0.377 e. The quantitative estimate of drug-likeness (QED) is 0.786. The summed E-state index contributed by atoms with van der Waals surface area (Å²) in [6, 6.07) is 0. The van der Waals surface area contributed by atoms with Crippen LogP contribution in [0.3, 0.4) is 0 Å². The van der Waals surface area contributed by atoms with Crippen LogP contribution >= 0.6 is 0 Å². The maximum absolute atomic E-state index is 5.70. The van der Waals surface area contributed by atoms with Gasteiger partial charge in [-0.25, -0.2) is 0 Å². The summed E-state index contributed by atoms with van der Waals surface area (Å²) in [5.41, 5.74) is 0. The molecule has 0 aliphatic carbocycles. The van der Waals surface area contributed by atoms with E-state index in [1.807, 2.05) is 0 Å². The summed E-state index contributed by atoms with van der Waals surface area (Å²) in [7, 11) is 2.24. The fraction of sp³-hybridized carbons (Fsp3) is 1.00. The van der Waals surface area contributed by atoms with Crippen molar-refractivity contribution in [2.45, 2.75) is 45.1 Å². The molecule has 2 saturated heterocycles. The molecule has 3 unspecified atom stereocenters. The Balaban J connectivity index is 1.60. The second-order valence-corrected chi connectivity index (χ2v) is 6.27. The molecule has 0 aromatic rings. The minimum atomic E-state index is 0.502. The number of rotatable bonds is 6. The lowest BCUT2D eigenvalue weighted by Gasteiger charge is -2.30. The van der Waals surface area contributed by atoms with Gasteiger partial charge >= 0.3 is 0 Å². The molecule has 2 rings (SSSR count). The van der Waals surface area contributed by atoms with Crippen LogP contribution in [0.15, 0.2) is 0 Å². The minimum Gasteiger partial charge on any atom is -0.377 e. The van der Waals surface area contributed by atoms with Crippen LogP contribution < -0.4 is 5.32 Å². The fourth-order valence-corrected chi connectivity index (χ4v) is 3.25. The molecule has 0 amide bonds. The normalized spacial score (nSPS) is 30.8. The molecule has 2 aliphatic heterocycles. The molecule has 3 atom stereocenters. The third-order valence-electron chi connectivity index (χ3n) is 4.65. The molecular weight excluding hydrogens is 224 g/mol. The molecule has 106 valence electrons. The summed E-state index contributed by atoms with van der Waals surface area (Å²) >= 11 is 0. The molecule has 2 fully saturated rings. The Morgan fingerprint density at radius 1 is 1.33 bits per heavy atom. The third kappa shape index (κ3) is 4.52. The summed E-state index contributed by atoms with van der Waals surface area (Å²) in [6.07, 6.45) is 7.12. The number of likely N-dealkylation sites (N-methyl/N-ethyl adjacent to an activating group) is 1. The molecule has 0 aromatic heterocycles. The van der Waals surface area contributed by atoms with E-state index in [0.29, 0.717) is 6.10 Å². The third-order valence-corrected chi connectivity index (χ3v) is 4.65. The van der Waals surface area contributed by atoms with Crippen molar-refractivity contribution in [2.75, 3.05) is 39.8 Å². The lowest BCUT2D eigenvalue weighted by molar-refractivity contribution is 0.0785. The van der Waals surface area contributed by atoms with E-state index in [0.717, 1.165) is 25.0 Å². The van der Waals surface area contributed by atoms with Crippen molar-refractivity contribution in [1.29, 1.82) is 0 Å². The maximum atomic E-state index is 5.70. The maximum Gasteiger partial charge on any atom is 0.0702 e. The Morgan fingerprint density at radius 3 is 2.89 bits per heavy atom. The van der Waals surface area contributed by atoms with E-state index < -0.39 is 0 Å². The Hall–Kier alpha value is -0.120. The van der Waals surface area contributed by atoms with Gasteiger partial charge < -0.3 is 15.0 Å². The molecule has 2 heterocycles. The second kappa shape index (κ2) is 7.46. The van der Waals surface area contributed by atoms with Gasteiger partial charge in [-0.1, -0.05) is 6.92 Å². The second-order valence-electron chi connectivity index (χ2n) is 6.27. The molecule has 0 bridgehead atoms. The van der Waals surface area contributed by atoms with Crippen LogP contribution in [0.5, 0.6) is 0 Å². The minimum absolute atomic E-state index is 0.502. The van der Waals surface area contributed by atoms with E-state index >= 15 is 0 Å². The molecule has 3 heteroatoms. The van der Waals surface area contributed by atoms with Gasteiger partial charge in [-0.2, -0.15) is 0 Å². The van der Waals surface area contributed by atoms with Crippen molar-refractivity contribution < 1.29 is 4.74 Å². The Kier molecular flexibility index (Phi) is 5.93. The summed E-state index contributed by atoms with van der Waals surface area (Å²) in [5, 5.41) is 3.53. The molecule has 0 saturated carbocycles. The average Bonchev–Trinajstić information content (AvgIpc) is 2.90. The van der Waals surface area contributed by atoms with Crippen LogP contribution in [0.1, 0.15) is 39.0 Å². The fourth-order valence-electron chi connectivity index (χ4n) is 3.25. The molecule has 2 aliphatic rings. The van der Waals surface area contributed by atoms with Gasteiger partial charge in [0.1, 0.15) is 0 Å². The lowest BCUT2D eigenvalue weighted by atomic mass is 9.85. The molecule has 0 radical (unpaired) electrons. The highest BCUT2D eigenvalue weighted by atomic mass is 16.5. The Morgan fingerprint density at radius 2 is 2.22 bits per heavy atom. The lowest BCUT2D eigenvalue weighted by Crippen LogP contribution is -2.35. The van der Waals surface area contributed by atoms with E-state index in [1.165, 1.54) is 51.7 Å². The molecule has 18 heavy (non-hydrogen) atoms. The van der Waals surface area contributed by atoms with Gasteiger partial charge in [-0.3, -0.25) is 0 Å². The smallest absolute Gasteiger partial charge is 0.0702 e. The highest BCUT2D eigenvalue weighted by molar-refractivity contribution is 4.75. The first kappa shape index (κ1) is 14.3. The first-order chi connectivity index (χ1) is 8.75. The number of nitrogens with zero attached hydrogens (tertiary/aromatic N) is 1. The first-order valence-electron chi connectivity index (χ1n) is 7.76. The number of hydrogen-bond acceptors (Lipinski definition) is 3. The molecule has 3 nitrogen and oxygen atoms in total. The van der Waals surface area contributed by atoms with Crippen molar-refractivity contribution in [2.24, 2.45) is 11.8 Å². The zero-order valence-electron chi connectivity index (χ0n) is 12.2. The predicted molar refractivity (Wildman–Crippen MR) is 75.8 cm³/mol. The van der Waals surface area contributed by atoms with Crippen molar-refractivity contribution in [3.8, 4) is 0 Å². The van der Waals surface area contributed by atoms with E-state index in [9.17, 15) is 0 Å². The van der Waals surface area contributed by atoms with Crippen molar-refractivity contribution in [1.82, 2.24) is 10.2 Å². The zero-order valence-corrected chi connectivity index (χ0v) is 12.2. The summed E-state index contributed by atoms with van der Waals surface area (Å²) in [6.45, 7) is 8.20. The van der Waals surface area contributed by atoms with Gasteiger partial charge in [-0.05, 0) is 70.6 Å². The van der Waals surface area contributed by atoms with Crippen LogP contribution in [0, 0.1) is 11.8 Å².